The number of carbonyl (C=O) groups excluding carboxylic acids is 1. The third-order valence-electron chi connectivity index (χ3n) is 5.53. The average molecular weight is 338 g/mol. The molecule has 2 aromatic carbocycles. The van der Waals surface area contributed by atoms with E-state index in [1.807, 2.05) is 11.0 Å². The van der Waals surface area contributed by atoms with E-state index < -0.39 is 0 Å². The minimum absolute atomic E-state index is 0.0659. The highest BCUT2D eigenvalue weighted by molar-refractivity contribution is 5.96. The molecule has 2 heterocycles. The summed E-state index contributed by atoms with van der Waals surface area (Å²) < 4.78 is 13.1. The Labute approximate surface area is 148 Å². The smallest absolute Gasteiger partial charge is 0.227 e. The molecular weight excluding hydrogens is 315 g/mol. The normalized spacial score (nSPS) is 20.7. The molecule has 0 N–H and O–H groups in total. The first kappa shape index (κ1) is 16.3. The van der Waals surface area contributed by atoms with E-state index >= 15 is 0 Å². The van der Waals surface area contributed by atoms with E-state index in [4.69, 9.17) is 0 Å². The maximum absolute atomic E-state index is 13.1. The third-order valence-corrected chi connectivity index (χ3v) is 5.53. The monoisotopic (exact) mass is 338 g/mol. The summed E-state index contributed by atoms with van der Waals surface area (Å²) in [6.07, 6.45) is 1.63. The molecule has 2 fully saturated rings. The summed E-state index contributed by atoms with van der Waals surface area (Å²) in [4.78, 5) is 16.7. The van der Waals surface area contributed by atoms with Gasteiger partial charge in [-0.1, -0.05) is 30.3 Å². The lowest BCUT2D eigenvalue weighted by molar-refractivity contribution is -0.119. The number of hydrogen-bond acceptors (Lipinski definition) is 2. The molecule has 1 atom stereocenters. The highest BCUT2D eigenvalue weighted by Gasteiger charge is 2.52. The van der Waals surface area contributed by atoms with Gasteiger partial charge in [0, 0.05) is 43.2 Å². The number of carbonyl (C=O) groups is 1. The van der Waals surface area contributed by atoms with Crippen LogP contribution in [0, 0.1) is 11.2 Å². The second-order valence-electron chi connectivity index (χ2n) is 7.58. The van der Waals surface area contributed by atoms with E-state index in [-0.39, 0.29) is 17.1 Å². The number of halogens is 1. The van der Waals surface area contributed by atoms with Gasteiger partial charge in [0.25, 0.3) is 0 Å². The molecule has 2 saturated heterocycles. The first-order valence-corrected chi connectivity index (χ1v) is 8.89. The van der Waals surface area contributed by atoms with Gasteiger partial charge in [0.15, 0.2) is 0 Å². The van der Waals surface area contributed by atoms with Crippen LogP contribution in [0.3, 0.4) is 0 Å². The number of hydrogen-bond donors (Lipinski definition) is 0. The van der Waals surface area contributed by atoms with E-state index in [1.54, 1.807) is 12.1 Å². The van der Waals surface area contributed by atoms with Gasteiger partial charge in [0.1, 0.15) is 5.82 Å². The SMILES string of the molecule is CC(Cc1ccccc1)N1CC2(CC(=O)N(c3ccc(F)cc3)C2)C1. The van der Waals surface area contributed by atoms with Crippen LogP contribution in [0.1, 0.15) is 18.9 Å². The molecule has 2 aromatic rings. The largest absolute Gasteiger partial charge is 0.312 e. The molecule has 3 nitrogen and oxygen atoms in total. The van der Waals surface area contributed by atoms with Crippen molar-refractivity contribution in [1.82, 2.24) is 4.90 Å². The fraction of sp³-hybridized carbons (Fsp3) is 0.381. The minimum atomic E-state index is -0.269. The van der Waals surface area contributed by atoms with Crippen molar-refractivity contribution in [2.45, 2.75) is 25.8 Å². The zero-order chi connectivity index (χ0) is 17.4. The average Bonchev–Trinajstić information content (AvgIpc) is 2.93. The number of likely N-dealkylation sites (tertiary alicyclic amines) is 1. The number of amides is 1. The second-order valence-corrected chi connectivity index (χ2v) is 7.58. The highest BCUT2D eigenvalue weighted by atomic mass is 19.1. The van der Waals surface area contributed by atoms with Gasteiger partial charge >= 0.3 is 0 Å². The van der Waals surface area contributed by atoms with Gasteiger partial charge in [-0.25, -0.2) is 4.39 Å². The summed E-state index contributed by atoms with van der Waals surface area (Å²) in [6, 6.07) is 17.2. The van der Waals surface area contributed by atoms with Crippen LogP contribution < -0.4 is 4.90 Å². The molecule has 1 amide bonds. The molecule has 0 radical (unpaired) electrons. The van der Waals surface area contributed by atoms with E-state index in [2.05, 4.69) is 36.1 Å². The molecule has 0 aromatic heterocycles. The lowest BCUT2D eigenvalue weighted by Gasteiger charge is -2.50. The molecule has 0 saturated carbocycles. The molecule has 2 aliphatic heterocycles. The predicted molar refractivity (Wildman–Crippen MR) is 97.0 cm³/mol. The van der Waals surface area contributed by atoms with Crippen molar-refractivity contribution in [3.05, 3.63) is 66.0 Å². The van der Waals surface area contributed by atoms with Crippen LogP contribution in [0.5, 0.6) is 0 Å². The Hall–Kier alpha value is -2.20. The van der Waals surface area contributed by atoms with E-state index in [0.29, 0.717) is 12.5 Å². The highest BCUT2D eigenvalue weighted by Crippen LogP contribution is 2.42. The summed E-state index contributed by atoms with van der Waals surface area (Å²) in [6.45, 7) is 4.93. The number of rotatable bonds is 4. The fourth-order valence-corrected chi connectivity index (χ4v) is 4.18. The van der Waals surface area contributed by atoms with Gasteiger partial charge in [0.2, 0.25) is 5.91 Å². The molecule has 4 rings (SSSR count). The van der Waals surface area contributed by atoms with Crippen LogP contribution in [0.4, 0.5) is 10.1 Å². The van der Waals surface area contributed by atoms with Crippen molar-refractivity contribution in [3.8, 4) is 0 Å². The van der Waals surface area contributed by atoms with Crippen LogP contribution in [0.25, 0.3) is 0 Å². The first-order valence-electron chi connectivity index (χ1n) is 8.89. The van der Waals surface area contributed by atoms with Crippen molar-refractivity contribution in [3.63, 3.8) is 0 Å². The molecule has 4 heteroatoms. The lowest BCUT2D eigenvalue weighted by Crippen LogP contribution is -2.60. The van der Waals surface area contributed by atoms with Crippen molar-refractivity contribution in [2.75, 3.05) is 24.5 Å². The Morgan fingerprint density at radius 1 is 1.04 bits per heavy atom. The van der Waals surface area contributed by atoms with E-state index in [0.717, 1.165) is 31.7 Å². The molecule has 25 heavy (non-hydrogen) atoms. The maximum Gasteiger partial charge on any atom is 0.227 e. The Morgan fingerprint density at radius 3 is 2.40 bits per heavy atom. The summed E-state index contributed by atoms with van der Waals surface area (Å²) in [5.41, 5.74) is 2.22. The van der Waals surface area contributed by atoms with Crippen molar-refractivity contribution < 1.29 is 9.18 Å². The van der Waals surface area contributed by atoms with Gasteiger partial charge in [-0.05, 0) is 43.2 Å². The minimum Gasteiger partial charge on any atom is -0.312 e. The molecular formula is C21H23FN2O. The van der Waals surface area contributed by atoms with Gasteiger partial charge in [-0.15, -0.1) is 0 Å². The van der Waals surface area contributed by atoms with E-state index in [9.17, 15) is 9.18 Å². The molecule has 130 valence electrons. The Balaban J connectivity index is 1.38. The molecule has 2 aliphatic rings. The zero-order valence-electron chi connectivity index (χ0n) is 14.5. The van der Waals surface area contributed by atoms with Crippen LogP contribution in [-0.4, -0.2) is 36.5 Å². The second kappa shape index (κ2) is 6.26. The summed E-state index contributed by atoms with van der Waals surface area (Å²) >= 11 is 0. The van der Waals surface area contributed by atoms with Crippen LogP contribution in [0.2, 0.25) is 0 Å². The fourth-order valence-electron chi connectivity index (χ4n) is 4.18. The number of nitrogens with zero attached hydrogens (tertiary/aromatic N) is 2. The molecule has 0 aliphatic carbocycles. The summed E-state index contributed by atoms with van der Waals surface area (Å²) in [5.74, 6) is -0.114. The molecule has 1 spiro atoms. The van der Waals surface area contributed by atoms with Crippen LogP contribution in [0.15, 0.2) is 54.6 Å². The summed E-state index contributed by atoms with van der Waals surface area (Å²) in [5, 5.41) is 0. The lowest BCUT2D eigenvalue weighted by atomic mass is 9.77. The quantitative estimate of drug-likeness (QED) is 0.852. The zero-order valence-corrected chi connectivity index (χ0v) is 14.5. The number of benzene rings is 2. The maximum atomic E-state index is 13.1. The van der Waals surface area contributed by atoms with E-state index in [1.165, 1.54) is 17.7 Å². The number of anilines is 1. The van der Waals surface area contributed by atoms with Gasteiger partial charge in [0.05, 0.1) is 0 Å². The van der Waals surface area contributed by atoms with Crippen molar-refractivity contribution >= 4 is 11.6 Å². The van der Waals surface area contributed by atoms with Crippen molar-refractivity contribution in [2.24, 2.45) is 5.41 Å². The van der Waals surface area contributed by atoms with Crippen LogP contribution in [-0.2, 0) is 11.2 Å². The summed E-state index contributed by atoms with van der Waals surface area (Å²) in [7, 11) is 0. The standard InChI is InChI=1S/C21H23FN2O/c1-16(11-17-5-3-2-4-6-17)23-13-21(14-23)12-20(25)24(15-21)19-9-7-18(22)8-10-19/h2-10,16H,11-15H2,1H3. The van der Waals surface area contributed by atoms with Gasteiger partial charge < -0.3 is 4.90 Å². The molecule has 0 bridgehead atoms. The Bertz CT molecular complexity index is 753. The first-order chi connectivity index (χ1) is 12.0. The van der Waals surface area contributed by atoms with Crippen LogP contribution >= 0.6 is 0 Å². The van der Waals surface area contributed by atoms with Gasteiger partial charge in [-0.2, -0.15) is 0 Å². The third kappa shape index (κ3) is 3.19. The topological polar surface area (TPSA) is 23.6 Å². The van der Waals surface area contributed by atoms with Crippen molar-refractivity contribution in [1.29, 1.82) is 0 Å². The van der Waals surface area contributed by atoms with Gasteiger partial charge in [-0.3, -0.25) is 9.69 Å². The molecule has 1 unspecified atom stereocenters. The predicted octanol–water partition coefficient (Wildman–Crippen LogP) is 3.50. The Morgan fingerprint density at radius 2 is 1.72 bits per heavy atom. The Kier molecular flexibility index (Phi) is 4.08.